The molecule has 1 aromatic heterocycles. The van der Waals surface area contributed by atoms with Crippen LogP contribution in [0.2, 0.25) is 0 Å². The van der Waals surface area contributed by atoms with Crippen LogP contribution in [0.4, 0.5) is 0 Å². The molecule has 0 aromatic carbocycles. The van der Waals surface area contributed by atoms with Gasteiger partial charge in [0.05, 0.1) is 0 Å². The molecule has 2 rings (SSSR count). The van der Waals surface area contributed by atoms with Crippen molar-refractivity contribution in [1.29, 1.82) is 0 Å². The van der Waals surface area contributed by atoms with E-state index in [1.54, 1.807) is 0 Å². The lowest BCUT2D eigenvalue weighted by molar-refractivity contribution is -0.693. The van der Waals surface area contributed by atoms with Gasteiger partial charge in [-0.3, -0.25) is 0 Å². The third-order valence-corrected chi connectivity index (χ3v) is 2.40. The van der Waals surface area contributed by atoms with Crippen LogP contribution in [-0.2, 0) is 6.54 Å². The molecule has 1 aromatic rings. The van der Waals surface area contributed by atoms with Crippen LogP contribution in [0, 0.1) is 0 Å². The van der Waals surface area contributed by atoms with Crippen molar-refractivity contribution in [3.63, 3.8) is 0 Å². The minimum Gasteiger partial charge on any atom is -0.309 e. The molecule has 0 saturated heterocycles. The Balaban J connectivity index is 2.29. The molecular weight excluding hydrogens is 160 g/mol. The van der Waals surface area contributed by atoms with E-state index in [-0.39, 0.29) is 0 Å². The van der Waals surface area contributed by atoms with Gasteiger partial charge in [-0.05, 0) is 18.6 Å². The van der Waals surface area contributed by atoms with Crippen molar-refractivity contribution in [2.24, 2.45) is 0 Å². The van der Waals surface area contributed by atoms with Gasteiger partial charge in [-0.1, -0.05) is 6.08 Å². The molecule has 0 atom stereocenters. The fraction of sp³-hybridized carbons (Fsp3) is 0.364. The summed E-state index contributed by atoms with van der Waals surface area (Å²) in [6, 6.07) is 4.28. The zero-order valence-corrected chi connectivity index (χ0v) is 7.96. The zero-order valence-electron chi connectivity index (χ0n) is 7.96. The van der Waals surface area contributed by atoms with E-state index in [1.165, 1.54) is 11.1 Å². The van der Waals surface area contributed by atoms with Crippen LogP contribution < -0.4 is 9.88 Å². The van der Waals surface area contributed by atoms with Gasteiger partial charge in [0.2, 0.25) is 0 Å². The summed E-state index contributed by atoms with van der Waals surface area (Å²) in [5.41, 5.74) is 2.76. The van der Waals surface area contributed by atoms with Gasteiger partial charge in [0, 0.05) is 24.7 Å². The van der Waals surface area contributed by atoms with Crippen molar-refractivity contribution in [3.8, 4) is 0 Å². The van der Waals surface area contributed by atoms with E-state index in [1.807, 2.05) is 0 Å². The number of nitrogens with one attached hydrogen (secondary N) is 1. The van der Waals surface area contributed by atoms with Gasteiger partial charge in [-0.2, -0.15) is 0 Å². The summed E-state index contributed by atoms with van der Waals surface area (Å²) in [7, 11) is 0. The van der Waals surface area contributed by atoms with Gasteiger partial charge in [-0.25, -0.2) is 4.57 Å². The number of hydrogen-bond acceptors (Lipinski definition) is 1. The second kappa shape index (κ2) is 3.71. The normalized spacial score (nSPS) is 15.9. The van der Waals surface area contributed by atoms with Crippen LogP contribution in [-0.4, -0.2) is 13.1 Å². The van der Waals surface area contributed by atoms with Crippen molar-refractivity contribution in [1.82, 2.24) is 5.32 Å². The predicted octanol–water partition coefficient (Wildman–Crippen LogP) is 0.981. The molecule has 2 heterocycles. The second-order valence-electron chi connectivity index (χ2n) is 3.28. The summed E-state index contributed by atoms with van der Waals surface area (Å²) in [4.78, 5) is 0. The molecule has 0 amide bonds. The Morgan fingerprint density at radius 2 is 2.46 bits per heavy atom. The Hall–Kier alpha value is -1.15. The average molecular weight is 175 g/mol. The zero-order chi connectivity index (χ0) is 9.10. The number of aryl methyl sites for hydroxylation is 1. The lowest BCUT2D eigenvalue weighted by Gasteiger charge is -1.99. The van der Waals surface area contributed by atoms with Gasteiger partial charge >= 0.3 is 0 Å². The van der Waals surface area contributed by atoms with Gasteiger partial charge in [0.15, 0.2) is 12.4 Å². The topological polar surface area (TPSA) is 15.9 Å². The minimum atomic E-state index is 1.01. The van der Waals surface area contributed by atoms with E-state index in [2.05, 4.69) is 47.4 Å². The van der Waals surface area contributed by atoms with Crippen molar-refractivity contribution in [2.45, 2.75) is 13.5 Å². The first-order valence-electron chi connectivity index (χ1n) is 4.79. The maximum Gasteiger partial charge on any atom is 0.176 e. The van der Waals surface area contributed by atoms with E-state index in [0.717, 1.165) is 19.6 Å². The molecule has 1 N–H and O–H groups in total. The van der Waals surface area contributed by atoms with Gasteiger partial charge in [0.1, 0.15) is 6.54 Å². The predicted molar refractivity (Wildman–Crippen MR) is 53.2 cm³/mol. The molecule has 1 aliphatic rings. The summed E-state index contributed by atoms with van der Waals surface area (Å²) in [5, 5.41) is 3.31. The van der Waals surface area contributed by atoms with Crippen LogP contribution in [0.1, 0.15) is 12.5 Å². The largest absolute Gasteiger partial charge is 0.309 e. The lowest BCUT2D eigenvalue weighted by Crippen LogP contribution is -2.31. The van der Waals surface area contributed by atoms with E-state index in [0.29, 0.717) is 0 Å². The van der Waals surface area contributed by atoms with Crippen LogP contribution in [0.25, 0.3) is 5.57 Å². The highest BCUT2D eigenvalue weighted by molar-refractivity contribution is 5.67. The standard InChI is InChI=1S/C11H15N2/c1-2-13-7-3-4-11(9-13)10-5-6-12-8-10/h3-5,7,9,12H,2,6,8H2,1H3/q+1. The minimum absolute atomic E-state index is 1.01. The Bertz CT molecular complexity index is 329. The summed E-state index contributed by atoms with van der Waals surface area (Å²) in [5.74, 6) is 0. The first kappa shape index (κ1) is 8.45. The fourth-order valence-corrected chi connectivity index (χ4v) is 1.60. The molecule has 1 aliphatic heterocycles. The lowest BCUT2D eigenvalue weighted by atomic mass is 10.1. The number of pyridine rings is 1. The van der Waals surface area contributed by atoms with Crippen molar-refractivity contribution >= 4 is 5.57 Å². The molecular formula is C11H15N2+. The highest BCUT2D eigenvalue weighted by Gasteiger charge is 2.08. The van der Waals surface area contributed by atoms with Crippen LogP contribution >= 0.6 is 0 Å². The van der Waals surface area contributed by atoms with E-state index in [9.17, 15) is 0 Å². The fourth-order valence-electron chi connectivity index (χ4n) is 1.60. The third-order valence-electron chi connectivity index (χ3n) is 2.40. The Morgan fingerprint density at radius 3 is 3.15 bits per heavy atom. The van der Waals surface area contributed by atoms with Gasteiger partial charge in [-0.15, -0.1) is 0 Å². The van der Waals surface area contributed by atoms with Crippen LogP contribution in [0.15, 0.2) is 30.6 Å². The third kappa shape index (κ3) is 1.78. The molecule has 68 valence electrons. The molecule has 0 unspecified atom stereocenters. The van der Waals surface area contributed by atoms with Crippen molar-refractivity contribution in [2.75, 3.05) is 13.1 Å². The van der Waals surface area contributed by atoms with Gasteiger partial charge < -0.3 is 5.32 Å². The molecule has 0 aliphatic carbocycles. The quantitative estimate of drug-likeness (QED) is 0.663. The van der Waals surface area contributed by atoms with E-state index >= 15 is 0 Å². The number of rotatable bonds is 2. The average Bonchev–Trinajstić information content (AvgIpc) is 2.71. The van der Waals surface area contributed by atoms with Crippen LogP contribution in [0.3, 0.4) is 0 Å². The summed E-state index contributed by atoms with van der Waals surface area (Å²) in [6.45, 7) is 5.21. The Kier molecular flexibility index (Phi) is 2.41. The van der Waals surface area contributed by atoms with E-state index < -0.39 is 0 Å². The highest BCUT2D eigenvalue weighted by atomic mass is 14.9. The van der Waals surface area contributed by atoms with Crippen LogP contribution in [0.5, 0.6) is 0 Å². The summed E-state index contributed by atoms with van der Waals surface area (Å²) >= 11 is 0. The molecule has 2 heteroatoms. The second-order valence-corrected chi connectivity index (χ2v) is 3.28. The maximum atomic E-state index is 3.31. The molecule has 13 heavy (non-hydrogen) atoms. The molecule has 0 fully saturated rings. The molecule has 2 nitrogen and oxygen atoms in total. The van der Waals surface area contributed by atoms with Crippen molar-refractivity contribution < 1.29 is 4.57 Å². The first-order chi connectivity index (χ1) is 6.40. The highest BCUT2D eigenvalue weighted by Crippen LogP contribution is 2.13. The van der Waals surface area contributed by atoms with Gasteiger partial charge in [0.25, 0.3) is 0 Å². The first-order valence-corrected chi connectivity index (χ1v) is 4.79. The van der Waals surface area contributed by atoms with Crippen molar-refractivity contribution in [3.05, 3.63) is 36.2 Å². The number of hydrogen-bond donors (Lipinski definition) is 1. The smallest absolute Gasteiger partial charge is 0.176 e. The molecule has 0 radical (unpaired) electrons. The summed E-state index contributed by atoms with van der Waals surface area (Å²) in [6.07, 6.45) is 6.57. The number of aromatic nitrogens is 1. The maximum absolute atomic E-state index is 3.31. The monoisotopic (exact) mass is 175 g/mol. The molecule has 0 spiro atoms. The van der Waals surface area contributed by atoms with E-state index in [4.69, 9.17) is 0 Å². The Labute approximate surface area is 78.9 Å². The molecule has 0 bridgehead atoms. The summed E-state index contributed by atoms with van der Waals surface area (Å²) < 4.78 is 2.20. The molecule has 0 saturated carbocycles. The number of nitrogens with zero attached hydrogens (tertiary/aromatic N) is 1. The Morgan fingerprint density at radius 1 is 1.54 bits per heavy atom. The SMILES string of the molecule is CC[n+]1cccc(C2=CCNC2)c1.